The molecule has 1 saturated carbocycles. The van der Waals surface area contributed by atoms with Gasteiger partial charge in [-0.15, -0.1) is 5.10 Å². The Morgan fingerprint density at radius 2 is 2.03 bits per heavy atom. The van der Waals surface area contributed by atoms with Crippen molar-refractivity contribution in [3.05, 3.63) is 34.0 Å². The van der Waals surface area contributed by atoms with E-state index in [1.807, 2.05) is 27.0 Å². The van der Waals surface area contributed by atoms with Crippen LogP contribution in [0, 0.1) is 11.3 Å². The van der Waals surface area contributed by atoms with Crippen molar-refractivity contribution in [1.82, 2.24) is 35.4 Å². The smallest absolute Gasteiger partial charge is 0.264 e. The molecule has 33 heavy (non-hydrogen) atoms. The van der Waals surface area contributed by atoms with E-state index in [1.165, 1.54) is 6.07 Å². The van der Waals surface area contributed by atoms with Crippen molar-refractivity contribution in [2.75, 3.05) is 13.1 Å². The average molecular weight is 458 g/mol. The first-order valence-corrected chi connectivity index (χ1v) is 11.9. The van der Waals surface area contributed by atoms with Crippen LogP contribution in [-0.2, 0) is 16.0 Å². The first-order valence-electron chi connectivity index (χ1n) is 11.9. The molecular weight excluding hydrogens is 422 g/mol. The molecule has 10 nitrogen and oxygen atoms in total. The second-order valence-corrected chi connectivity index (χ2v) is 10.7. The molecule has 2 aromatic heterocycles. The van der Waals surface area contributed by atoms with Gasteiger partial charge < -0.3 is 15.3 Å². The molecule has 180 valence electrons. The van der Waals surface area contributed by atoms with E-state index in [-0.39, 0.29) is 28.7 Å². The highest BCUT2D eigenvalue weighted by Gasteiger charge is 2.44. The van der Waals surface area contributed by atoms with E-state index < -0.39 is 12.1 Å². The summed E-state index contributed by atoms with van der Waals surface area (Å²) in [5.41, 5.74) is 1.22. The summed E-state index contributed by atoms with van der Waals surface area (Å²) in [6.45, 7) is 9.17. The van der Waals surface area contributed by atoms with Crippen LogP contribution in [0.2, 0.25) is 0 Å². The topological polar surface area (TPSA) is 129 Å². The number of hydrogen-bond donors (Lipinski definition) is 3. The standard InChI is InChI=1S/C23H35N7O3/c1-14-10-18(21(32)24-9-5-6-16-11-19(31)27-25-16)29(12-14)22(33)20(23(2,3)4)30-13-17(26-28-30)15-7-8-15/h11,13-15,18,20H,5-10,12H2,1-4H3,(H,24,32)(H2,25,27,31)/t14-,18+,20-/m1/s1. The Kier molecular flexibility index (Phi) is 6.45. The van der Waals surface area contributed by atoms with Crippen molar-refractivity contribution < 1.29 is 9.59 Å². The molecule has 0 radical (unpaired) electrons. The number of aromatic nitrogens is 5. The third kappa shape index (κ3) is 5.36. The van der Waals surface area contributed by atoms with Gasteiger partial charge in [0.05, 0.1) is 5.69 Å². The highest BCUT2D eigenvalue weighted by Crippen LogP contribution is 2.40. The third-order valence-corrected chi connectivity index (χ3v) is 6.51. The number of likely N-dealkylation sites (tertiary alicyclic amines) is 1. The Morgan fingerprint density at radius 3 is 2.67 bits per heavy atom. The van der Waals surface area contributed by atoms with Gasteiger partial charge in [0.15, 0.2) is 0 Å². The number of amides is 2. The minimum atomic E-state index is -0.525. The van der Waals surface area contributed by atoms with Crippen LogP contribution in [-0.4, -0.2) is 61.0 Å². The Bertz CT molecular complexity index is 1040. The SMILES string of the molecule is C[C@@H]1C[C@@H](C(=O)NCCCc2cc(=O)[nH][nH]2)N(C(=O)[C@@H](n2cc(C3CC3)nn2)C(C)(C)C)C1. The van der Waals surface area contributed by atoms with Gasteiger partial charge >= 0.3 is 0 Å². The van der Waals surface area contributed by atoms with Crippen LogP contribution >= 0.6 is 0 Å². The molecule has 1 aliphatic heterocycles. The van der Waals surface area contributed by atoms with E-state index in [2.05, 4.69) is 32.7 Å². The fraction of sp³-hybridized carbons (Fsp3) is 0.696. The lowest BCUT2D eigenvalue weighted by atomic mass is 9.85. The molecule has 2 aliphatic rings. The van der Waals surface area contributed by atoms with E-state index in [0.29, 0.717) is 38.3 Å². The van der Waals surface area contributed by atoms with Crippen molar-refractivity contribution in [3.63, 3.8) is 0 Å². The van der Waals surface area contributed by atoms with E-state index in [1.54, 1.807) is 9.58 Å². The summed E-state index contributed by atoms with van der Waals surface area (Å²) >= 11 is 0. The molecule has 0 spiro atoms. The van der Waals surface area contributed by atoms with Gasteiger partial charge in [-0.05, 0) is 43.4 Å². The lowest BCUT2D eigenvalue weighted by Gasteiger charge is -2.34. The van der Waals surface area contributed by atoms with Gasteiger partial charge in [-0.1, -0.05) is 32.9 Å². The van der Waals surface area contributed by atoms with Gasteiger partial charge in [0.2, 0.25) is 11.8 Å². The van der Waals surface area contributed by atoms with Crippen LogP contribution in [0.5, 0.6) is 0 Å². The molecule has 10 heteroatoms. The molecule has 2 aromatic rings. The van der Waals surface area contributed by atoms with E-state index >= 15 is 0 Å². The molecule has 0 bridgehead atoms. The molecule has 0 unspecified atom stereocenters. The van der Waals surface area contributed by atoms with Gasteiger partial charge in [-0.2, -0.15) is 0 Å². The highest BCUT2D eigenvalue weighted by atomic mass is 16.2. The number of hydrogen-bond acceptors (Lipinski definition) is 5. The molecule has 2 amide bonds. The predicted molar refractivity (Wildman–Crippen MR) is 123 cm³/mol. The number of nitrogens with one attached hydrogen (secondary N) is 3. The number of H-pyrrole nitrogens is 2. The maximum atomic E-state index is 13.8. The van der Waals surface area contributed by atoms with E-state index in [9.17, 15) is 14.4 Å². The van der Waals surface area contributed by atoms with Gasteiger partial charge in [-0.25, -0.2) is 4.68 Å². The first-order chi connectivity index (χ1) is 15.6. The van der Waals surface area contributed by atoms with Crippen LogP contribution < -0.4 is 10.9 Å². The lowest BCUT2D eigenvalue weighted by Crippen LogP contribution is -2.50. The van der Waals surface area contributed by atoms with Gasteiger partial charge in [0.1, 0.15) is 12.1 Å². The van der Waals surface area contributed by atoms with E-state index in [0.717, 1.165) is 24.2 Å². The zero-order valence-corrected chi connectivity index (χ0v) is 19.9. The number of nitrogens with zero attached hydrogens (tertiary/aromatic N) is 4. The summed E-state index contributed by atoms with van der Waals surface area (Å²) in [6, 6.07) is 0.506. The number of carbonyl (C=O) groups excluding carboxylic acids is 2. The Labute approximate surface area is 193 Å². The summed E-state index contributed by atoms with van der Waals surface area (Å²) in [5, 5.41) is 16.9. The quantitative estimate of drug-likeness (QED) is 0.520. The van der Waals surface area contributed by atoms with Crippen LogP contribution in [0.3, 0.4) is 0 Å². The summed E-state index contributed by atoms with van der Waals surface area (Å²) in [4.78, 5) is 39.7. The largest absolute Gasteiger partial charge is 0.354 e. The van der Waals surface area contributed by atoms with Crippen molar-refractivity contribution in [3.8, 4) is 0 Å². The van der Waals surface area contributed by atoms with Crippen LogP contribution in [0.1, 0.15) is 76.7 Å². The second-order valence-electron chi connectivity index (χ2n) is 10.7. The number of aryl methyl sites for hydroxylation is 1. The highest BCUT2D eigenvalue weighted by molar-refractivity contribution is 5.90. The molecule has 3 atom stereocenters. The molecule has 1 aliphatic carbocycles. The fourth-order valence-electron chi connectivity index (χ4n) is 4.67. The Morgan fingerprint density at radius 1 is 1.27 bits per heavy atom. The lowest BCUT2D eigenvalue weighted by molar-refractivity contribution is -0.144. The minimum Gasteiger partial charge on any atom is -0.354 e. The van der Waals surface area contributed by atoms with Crippen molar-refractivity contribution >= 4 is 11.8 Å². The van der Waals surface area contributed by atoms with Crippen LogP contribution in [0.15, 0.2) is 17.1 Å². The summed E-state index contributed by atoms with van der Waals surface area (Å²) in [5.74, 6) is 0.501. The average Bonchev–Trinajstić information content (AvgIpc) is 3.13. The molecule has 2 fully saturated rings. The van der Waals surface area contributed by atoms with Crippen molar-refractivity contribution in [2.45, 2.75) is 77.8 Å². The molecule has 1 saturated heterocycles. The number of carbonyl (C=O) groups is 2. The monoisotopic (exact) mass is 457 g/mol. The van der Waals surface area contributed by atoms with Crippen LogP contribution in [0.25, 0.3) is 0 Å². The third-order valence-electron chi connectivity index (χ3n) is 6.51. The summed E-state index contributed by atoms with van der Waals surface area (Å²) < 4.78 is 1.70. The van der Waals surface area contributed by atoms with Gasteiger partial charge in [0.25, 0.3) is 5.56 Å². The molecule has 3 heterocycles. The number of rotatable bonds is 8. The fourth-order valence-corrected chi connectivity index (χ4v) is 4.67. The zero-order chi connectivity index (χ0) is 23.8. The maximum Gasteiger partial charge on any atom is 0.264 e. The number of aromatic amines is 2. The van der Waals surface area contributed by atoms with Crippen molar-refractivity contribution in [1.29, 1.82) is 0 Å². The second kappa shape index (κ2) is 9.15. The molecule has 4 rings (SSSR count). The zero-order valence-electron chi connectivity index (χ0n) is 19.9. The summed E-state index contributed by atoms with van der Waals surface area (Å²) in [6.07, 6.45) is 6.15. The molecule has 3 N–H and O–H groups in total. The normalized spacial score (nSPS) is 21.9. The molecule has 0 aromatic carbocycles. The Hall–Kier alpha value is -2.91. The van der Waals surface area contributed by atoms with Gasteiger partial charge in [0, 0.05) is 37.0 Å². The molecular formula is C23H35N7O3. The van der Waals surface area contributed by atoms with Crippen LogP contribution in [0.4, 0.5) is 0 Å². The minimum absolute atomic E-state index is 0.0795. The summed E-state index contributed by atoms with van der Waals surface area (Å²) in [7, 11) is 0. The van der Waals surface area contributed by atoms with Gasteiger partial charge in [-0.3, -0.25) is 19.5 Å². The van der Waals surface area contributed by atoms with Crippen molar-refractivity contribution in [2.24, 2.45) is 11.3 Å². The Balaban J connectivity index is 1.42. The van der Waals surface area contributed by atoms with E-state index in [4.69, 9.17) is 0 Å². The first kappa shape index (κ1) is 23.3. The predicted octanol–water partition coefficient (Wildman–Crippen LogP) is 1.75. The maximum absolute atomic E-state index is 13.8.